The van der Waals surface area contributed by atoms with Gasteiger partial charge in [-0.3, -0.25) is 14.5 Å². The third-order valence-electron chi connectivity index (χ3n) is 9.69. The molecule has 3 aliphatic heterocycles. The summed E-state index contributed by atoms with van der Waals surface area (Å²) in [5.41, 5.74) is 3.02. The van der Waals surface area contributed by atoms with Gasteiger partial charge in [0.25, 0.3) is 0 Å². The van der Waals surface area contributed by atoms with Crippen molar-refractivity contribution < 1.29 is 32.2 Å². The predicted molar refractivity (Wildman–Crippen MR) is 172 cm³/mol. The van der Waals surface area contributed by atoms with E-state index in [9.17, 15) is 27.5 Å². The van der Waals surface area contributed by atoms with Crippen LogP contribution in [0.4, 0.5) is 10.1 Å². The first-order valence-corrected chi connectivity index (χ1v) is 17.9. The van der Waals surface area contributed by atoms with Crippen molar-refractivity contribution in [1.29, 1.82) is 0 Å². The Labute approximate surface area is 266 Å². The van der Waals surface area contributed by atoms with Crippen molar-refractivity contribution in [2.24, 2.45) is 5.92 Å². The maximum atomic E-state index is 14.4. The van der Waals surface area contributed by atoms with E-state index in [1.807, 2.05) is 23.1 Å². The third kappa shape index (κ3) is 7.20. The van der Waals surface area contributed by atoms with E-state index in [-0.39, 0.29) is 42.5 Å². The van der Waals surface area contributed by atoms with Crippen LogP contribution in [0.2, 0.25) is 0 Å². The topological polar surface area (TPSA) is 107 Å². The van der Waals surface area contributed by atoms with Crippen LogP contribution in [0.25, 0.3) is 0 Å². The number of benzene rings is 2. The lowest BCUT2D eigenvalue weighted by Gasteiger charge is -2.35. The van der Waals surface area contributed by atoms with Crippen molar-refractivity contribution >= 4 is 27.6 Å². The largest absolute Gasteiger partial charge is 0.493 e. The van der Waals surface area contributed by atoms with E-state index < -0.39 is 28.0 Å². The van der Waals surface area contributed by atoms with Gasteiger partial charge in [0.05, 0.1) is 24.8 Å². The van der Waals surface area contributed by atoms with Crippen LogP contribution in [0.5, 0.6) is 5.75 Å². The normalized spacial score (nSPS) is 22.9. The minimum absolute atomic E-state index is 0.0217. The number of ether oxygens (including phenoxy) is 1. The Balaban J connectivity index is 1.49. The van der Waals surface area contributed by atoms with Crippen LogP contribution < -0.4 is 9.64 Å². The lowest BCUT2D eigenvalue weighted by Crippen LogP contribution is -2.48. The number of amides is 1. The fraction of sp³-hybridized carbons (Fsp3) is 0.588. The van der Waals surface area contributed by atoms with E-state index in [1.54, 1.807) is 24.0 Å². The molecule has 45 heavy (non-hydrogen) atoms. The number of anilines is 1. The van der Waals surface area contributed by atoms with Gasteiger partial charge in [0, 0.05) is 49.7 Å². The SMILES string of the molecule is CCCC(CCC)N(C(=O)CN1C[C@H](c2ccc3c(c2)CCO3)C(C(=O)O)[C@@H]1CCN1CCCS1(=O)=O)c1ccc(F)c(C)c1. The Hall–Kier alpha value is -3.02. The van der Waals surface area contributed by atoms with E-state index in [4.69, 9.17) is 4.74 Å². The first-order valence-electron chi connectivity index (χ1n) is 16.3. The van der Waals surface area contributed by atoms with Gasteiger partial charge in [-0.05, 0) is 73.6 Å². The van der Waals surface area contributed by atoms with Gasteiger partial charge in [-0.1, -0.05) is 38.8 Å². The summed E-state index contributed by atoms with van der Waals surface area (Å²) in [6.07, 6.45) is 4.92. The number of aryl methyl sites for hydroxylation is 1. The van der Waals surface area contributed by atoms with Gasteiger partial charge >= 0.3 is 5.97 Å². The lowest BCUT2D eigenvalue weighted by atomic mass is 9.83. The van der Waals surface area contributed by atoms with Crippen molar-refractivity contribution in [3.63, 3.8) is 0 Å². The number of fused-ring (bicyclic) bond motifs is 1. The molecule has 0 saturated carbocycles. The average molecular weight is 644 g/mol. The van der Waals surface area contributed by atoms with Gasteiger partial charge in [-0.15, -0.1) is 0 Å². The summed E-state index contributed by atoms with van der Waals surface area (Å²) in [4.78, 5) is 31.1. The molecule has 3 heterocycles. The van der Waals surface area contributed by atoms with Gasteiger partial charge < -0.3 is 14.7 Å². The minimum atomic E-state index is -3.36. The van der Waals surface area contributed by atoms with Gasteiger partial charge in [-0.2, -0.15) is 0 Å². The Kier molecular flexibility index (Phi) is 10.5. The fourth-order valence-corrected chi connectivity index (χ4v) is 9.05. The molecule has 2 aromatic carbocycles. The first kappa shape index (κ1) is 33.3. The molecule has 2 saturated heterocycles. The quantitative estimate of drug-likeness (QED) is 0.329. The van der Waals surface area contributed by atoms with Gasteiger partial charge in [0.2, 0.25) is 15.9 Å². The van der Waals surface area contributed by atoms with Crippen LogP contribution in [0, 0.1) is 18.7 Å². The number of halogens is 1. The smallest absolute Gasteiger partial charge is 0.308 e. The second-order valence-corrected chi connectivity index (χ2v) is 14.8. The number of carbonyl (C=O) groups is 2. The molecule has 1 N–H and O–H groups in total. The Morgan fingerprint density at radius 3 is 2.53 bits per heavy atom. The molecule has 246 valence electrons. The summed E-state index contributed by atoms with van der Waals surface area (Å²) in [6, 6.07) is 9.96. The summed E-state index contributed by atoms with van der Waals surface area (Å²) in [5.74, 6) is -1.76. The average Bonchev–Trinajstić information content (AvgIpc) is 3.70. The molecule has 2 aromatic rings. The van der Waals surface area contributed by atoms with E-state index in [2.05, 4.69) is 13.8 Å². The summed E-state index contributed by atoms with van der Waals surface area (Å²) >= 11 is 0. The molecule has 5 rings (SSSR count). The molecule has 11 heteroatoms. The summed E-state index contributed by atoms with van der Waals surface area (Å²) in [6.45, 7) is 7.39. The second-order valence-electron chi connectivity index (χ2n) is 12.7. The molecule has 0 radical (unpaired) electrons. The van der Waals surface area contributed by atoms with E-state index in [0.29, 0.717) is 43.8 Å². The van der Waals surface area contributed by atoms with E-state index in [0.717, 1.165) is 49.0 Å². The van der Waals surface area contributed by atoms with Crippen LogP contribution in [-0.2, 0) is 26.0 Å². The number of aliphatic carboxylic acids is 1. The second kappa shape index (κ2) is 14.2. The maximum Gasteiger partial charge on any atom is 0.308 e. The number of carboxylic acids is 1. The molecule has 3 atom stereocenters. The summed E-state index contributed by atoms with van der Waals surface area (Å²) in [5, 5.41) is 10.6. The van der Waals surface area contributed by atoms with Crippen molar-refractivity contribution in [3.8, 4) is 5.75 Å². The maximum absolute atomic E-state index is 14.4. The Morgan fingerprint density at radius 2 is 1.89 bits per heavy atom. The highest BCUT2D eigenvalue weighted by molar-refractivity contribution is 7.89. The molecule has 0 spiro atoms. The highest BCUT2D eigenvalue weighted by Gasteiger charge is 2.48. The number of nitrogens with zero attached hydrogens (tertiary/aromatic N) is 3. The number of carboxylic acid groups (broad SMARTS) is 1. The van der Waals surface area contributed by atoms with Gasteiger partial charge in [-0.25, -0.2) is 17.1 Å². The highest BCUT2D eigenvalue weighted by Crippen LogP contribution is 2.41. The molecule has 0 aliphatic carbocycles. The van der Waals surface area contributed by atoms with E-state index in [1.165, 1.54) is 10.4 Å². The van der Waals surface area contributed by atoms with Crippen molar-refractivity contribution in [3.05, 3.63) is 58.9 Å². The number of likely N-dealkylation sites (tertiary alicyclic amines) is 1. The van der Waals surface area contributed by atoms with Crippen LogP contribution in [-0.4, -0.2) is 85.2 Å². The molecule has 1 unspecified atom stereocenters. The van der Waals surface area contributed by atoms with Crippen LogP contribution >= 0.6 is 0 Å². The Morgan fingerprint density at radius 1 is 1.13 bits per heavy atom. The number of rotatable bonds is 13. The molecule has 2 fully saturated rings. The zero-order valence-corrected chi connectivity index (χ0v) is 27.4. The molecule has 0 aromatic heterocycles. The summed E-state index contributed by atoms with van der Waals surface area (Å²) < 4.78 is 46.7. The fourth-order valence-electron chi connectivity index (χ4n) is 7.50. The monoisotopic (exact) mass is 643 g/mol. The van der Waals surface area contributed by atoms with Crippen molar-refractivity contribution in [1.82, 2.24) is 9.21 Å². The Bertz CT molecular complexity index is 1490. The van der Waals surface area contributed by atoms with Crippen molar-refractivity contribution in [2.75, 3.05) is 43.4 Å². The molecule has 1 amide bonds. The standard InChI is InChI=1S/C34H46FN3O6S/c1-4-7-26(8-5-2)38(27-10-11-29(35)23(3)19-27)32(39)22-36-21-28(24-9-12-31-25(20-24)14-17-44-31)33(34(40)41)30(36)13-16-37-15-6-18-45(37,42)43/h9-12,19-20,26,28,30,33H,4-8,13-18,21-22H2,1-3H3,(H,40,41)/t28-,30+,33?/m1/s1. The number of sulfonamides is 1. The summed E-state index contributed by atoms with van der Waals surface area (Å²) in [7, 11) is -3.36. The van der Waals surface area contributed by atoms with Gasteiger partial charge in [0.15, 0.2) is 0 Å². The van der Waals surface area contributed by atoms with Gasteiger partial charge in [0.1, 0.15) is 11.6 Å². The molecular weight excluding hydrogens is 597 g/mol. The first-order chi connectivity index (χ1) is 21.5. The lowest BCUT2D eigenvalue weighted by molar-refractivity contribution is -0.143. The number of carbonyl (C=O) groups excluding carboxylic acids is 1. The molecule has 0 bridgehead atoms. The minimum Gasteiger partial charge on any atom is -0.493 e. The van der Waals surface area contributed by atoms with Crippen LogP contribution in [0.1, 0.15) is 75.0 Å². The molecular formula is C34H46FN3O6S. The van der Waals surface area contributed by atoms with E-state index >= 15 is 0 Å². The third-order valence-corrected chi connectivity index (χ3v) is 11.6. The van der Waals surface area contributed by atoms with Crippen LogP contribution in [0.15, 0.2) is 36.4 Å². The predicted octanol–water partition coefficient (Wildman–Crippen LogP) is 4.97. The highest BCUT2D eigenvalue weighted by atomic mass is 32.2. The number of hydrogen-bond acceptors (Lipinski definition) is 6. The number of hydrogen-bond donors (Lipinski definition) is 1. The molecule has 9 nitrogen and oxygen atoms in total. The van der Waals surface area contributed by atoms with Crippen molar-refractivity contribution in [2.45, 2.75) is 83.7 Å². The zero-order chi connectivity index (χ0) is 32.3. The van der Waals surface area contributed by atoms with Crippen LogP contribution in [0.3, 0.4) is 0 Å². The zero-order valence-electron chi connectivity index (χ0n) is 26.6. The molecule has 3 aliphatic rings.